The van der Waals surface area contributed by atoms with Gasteiger partial charge in [-0.3, -0.25) is 0 Å². The highest BCUT2D eigenvalue weighted by atomic mass is 32.1. The monoisotopic (exact) mass is 277 g/mol. The maximum atomic E-state index is 14.1. The summed E-state index contributed by atoms with van der Waals surface area (Å²) < 4.78 is 14.1. The number of hydrogen-bond donors (Lipinski definition) is 1. The first kappa shape index (κ1) is 14.2. The number of aryl methyl sites for hydroxylation is 2. The van der Waals surface area contributed by atoms with Crippen molar-refractivity contribution in [2.75, 3.05) is 6.54 Å². The Hall–Kier alpha value is -1.19. The van der Waals surface area contributed by atoms with Gasteiger partial charge in [-0.15, -0.1) is 11.3 Å². The zero-order chi connectivity index (χ0) is 13.8. The van der Waals surface area contributed by atoms with Crippen LogP contribution in [0, 0.1) is 19.7 Å². The van der Waals surface area contributed by atoms with Crippen molar-refractivity contribution >= 4 is 11.3 Å². The Bertz CT molecular complexity index is 547. The van der Waals surface area contributed by atoms with Gasteiger partial charge in [0.05, 0.1) is 6.04 Å². The molecule has 1 atom stereocenters. The molecule has 2 aromatic rings. The van der Waals surface area contributed by atoms with Crippen molar-refractivity contribution in [3.8, 4) is 0 Å². The van der Waals surface area contributed by atoms with Gasteiger partial charge in [0.15, 0.2) is 0 Å². The van der Waals surface area contributed by atoms with Gasteiger partial charge in [0.25, 0.3) is 0 Å². The smallest absolute Gasteiger partial charge is 0.128 e. The second-order valence-electron chi connectivity index (χ2n) is 4.88. The van der Waals surface area contributed by atoms with Gasteiger partial charge in [-0.2, -0.15) is 0 Å². The third kappa shape index (κ3) is 3.23. The second kappa shape index (κ2) is 6.31. The largest absolute Gasteiger partial charge is 0.306 e. The molecule has 3 heteroatoms. The number of benzene rings is 1. The van der Waals surface area contributed by atoms with Crippen LogP contribution in [0.4, 0.5) is 4.39 Å². The second-order valence-corrected chi connectivity index (χ2v) is 5.83. The third-order valence-electron chi connectivity index (χ3n) is 3.22. The predicted octanol–water partition coefficient (Wildman–Crippen LogP) is 4.59. The van der Waals surface area contributed by atoms with E-state index in [1.54, 1.807) is 17.4 Å². The quantitative estimate of drug-likeness (QED) is 0.842. The van der Waals surface area contributed by atoms with E-state index in [9.17, 15) is 4.39 Å². The van der Waals surface area contributed by atoms with Crippen LogP contribution in [0.5, 0.6) is 0 Å². The minimum absolute atomic E-state index is 0.0418. The van der Waals surface area contributed by atoms with Crippen molar-refractivity contribution in [1.29, 1.82) is 0 Å². The number of thiophene rings is 1. The van der Waals surface area contributed by atoms with Crippen LogP contribution < -0.4 is 5.32 Å². The minimum atomic E-state index is -0.132. The van der Waals surface area contributed by atoms with Crippen molar-refractivity contribution in [3.63, 3.8) is 0 Å². The molecule has 0 amide bonds. The average Bonchev–Trinajstić information content (AvgIpc) is 2.80. The molecule has 0 radical (unpaired) electrons. The van der Waals surface area contributed by atoms with Crippen LogP contribution in [0.15, 0.2) is 29.6 Å². The van der Waals surface area contributed by atoms with Crippen molar-refractivity contribution in [3.05, 3.63) is 57.0 Å². The minimum Gasteiger partial charge on any atom is -0.306 e. The fourth-order valence-electron chi connectivity index (χ4n) is 2.20. The van der Waals surface area contributed by atoms with Crippen LogP contribution >= 0.6 is 11.3 Å². The first-order valence-electron chi connectivity index (χ1n) is 6.67. The molecule has 0 spiro atoms. The van der Waals surface area contributed by atoms with Gasteiger partial charge < -0.3 is 5.32 Å². The van der Waals surface area contributed by atoms with E-state index >= 15 is 0 Å². The van der Waals surface area contributed by atoms with E-state index in [2.05, 4.69) is 30.6 Å². The molecule has 1 aromatic heterocycles. The van der Waals surface area contributed by atoms with Gasteiger partial charge in [0.1, 0.15) is 5.82 Å². The Kier molecular flexibility index (Phi) is 4.72. The molecule has 0 aliphatic rings. The lowest BCUT2D eigenvalue weighted by molar-refractivity contribution is 0.549. The van der Waals surface area contributed by atoms with Crippen LogP contribution in [0.1, 0.15) is 41.0 Å². The third-order valence-corrected chi connectivity index (χ3v) is 4.31. The topological polar surface area (TPSA) is 12.0 Å². The molecular formula is C16H20FNS. The zero-order valence-corrected chi connectivity index (χ0v) is 12.5. The fraction of sp³-hybridized carbons (Fsp3) is 0.375. The highest BCUT2D eigenvalue weighted by Crippen LogP contribution is 2.31. The number of nitrogens with one attached hydrogen (secondary N) is 1. The summed E-state index contributed by atoms with van der Waals surface area (Å²) in [7, 11) is 0. The summed E-state index contributed by atoms with van der Waals surface area (Å²) >= 11 is 1.69. The molecule has 1 unspecified atom stereocenters. The Balaban J connectivity index is 2.42. The van der Waals surface area contributed by atoms with Crippen molar-refractivity contribution in [1.82, 2.24) is 5.32 Å². The van der Waals surface area contributed by atoms with E-state index in [4.69, 9.17) is 0 Å². The van der Waals surface area contributed by atoms with E-state index in [0.29, 0.717) is 0 Å². The SMILES string of the molecule is CCCNC(c1cc(C)ccc1F)c1sccc1C. The van der Waals surface area contributed by atoms with Crippen LogP contribution in [-0.2, 0) is 0 Å². The Morgan fingerprint density at radius 2 is 2.05 bits per heavy atom. The lowest BCUT2D eigenvalue weighted by Crippen LogP contribution is -2.24. The van der Waals surface area contributed by atoms with Gasteiger partial charge in [-0.25, -0.2) is 4.39 Å². The van der Waals surface area contributed by atoms with Crippen LogP contribution in [0.2, 0.25) is 0 Å². The van der Waals surface area contributed by atoms with Crippen molar-refractivity contribution in [2.45, 2.75) is 33.2 Å². The molecule has 2 rings (SSSR count). The normalized spacial score (nSPS) is 12.6. The highest BCUT2D eigenvalue weighted by molar-refractivity contribution is 7.10. The van der Waals surface area contributed by atoms with Crippen LogP contribution in [0.25, 0.3) is 0 Å². The Labute approximate surface area is 118 Å². The molecule has 1 nitrogen and oxygen atoms in total. The number of halogens is 1. The number of hydrogen-bond acceptors (Lipinski definition) is 2. The molecule has 1 aromatic carbocycles. The average molecular weight is 277 g/mol. The predicted molar refractivity (Wildman–Crippen MR) is 80.3 cm³/mol. The summed E-state index contributed by atoms with van der Waals surface area (Å²) in [5.41, 5.74) is 3.06. The molecule has 0 fully saturated rings. The molecule has 102 valence electrons. The van der Waals surface area contributed by atoms with Gasteiger partial charge in [0, 0.05) is 10.4 Å². The lowest BCUT2D eigenvalue weighted by atomic mass is 10.00. The molecule has 19 heavy (non-hydrogen) atoms. The summed E-state index contributed by atoms with van der Waals surface area (Å²) in [4.78, 5) is 1.21. The standard InChI is InChI=1S/C16H20FNS/c1-4-8-18-15(16-12(3)7-9-19-16)13-10-11(2)5-6-14(13)17/h5-7,9-10,15,18H,4,8H2,1-3H3. The zero-order valence-electron chi connectivity index (χ0n) is 11.7. The van der Waals surface area contributed by atoms with Crippen molar-refractivity contribution in [2.24, 2.45) is 0 Å². The summed E-state index contributed by atoms with van der Waals surface area (Å²) in [6, 6.07) is 7.38. The van der Waals surface area contributed by atoms with Gasteiger partial charge in [0.2, 0.25) is 0 Å². The van der Waals surface area contributed by atoms with E-state index < -0.39 is 0 Å². The van der Waals surface area contributed by atoms with Gasteiger partial charge >= 0.3 is 0 Å². The summed E-state index contributed by atoms with van der Waals surface area (Å²) in [5, 5.41) is 5.54. The number of rotatable bonds is 5. The van der Waals surface area contributed by atoms with Gasteiger partial charge in [-0.1, -0.05) is 24.6 Å². The van der Waals surface area contributed by atoms with Gasteiger partial charge in [-0.05, 0) is 49.9 Å². The molecule has 0 saturated carbocycles. The maximum Gasteiger partial charge on any atom is 0.128 e. The van der Waals surface area contributed by atoms with Crippen LogP contribution in [0.3, 0.4) is 0 Å². The lowest BCUT2D eigenvalue weighted by Gasteiger charge is -2.20. The summed E-state index contributed by atoms with van der Waals surface area (Å²) in [6.45, 7) is 7.09. The van der Waals surface area contributed by atoms with E-state index in [-0.39, 0.29) is 11.9 Å². The van der Waals surface area contributed by atoms with E-state index in [1.165, 1.54) is 10.4 Å². The summed E-state index contributed by atoms with van der Waals surface area (Å²) in [6.07, 6.45) is 1.04. The first-order chi connectivity index (χ1) is 9.13. The van der Waals surface area contributed by atoms with Crippen molar-refractivity contribution < 1.29 is 4.39 Å². The highest BCUT2D eigenvalue weighted by Gasteiger charge is 2.20. The van der Waals surface area contributed by atoms with Crippen LogP contribution in [-0.4, -0.2) is 6.54 Å². The summed E-state index contributed by atoms with van der Waals surface area (Å²) in [5.74, 6) is -0.132. The molecule has 0 aliphatic carbocycles. The fourth-order valence-corrected chi connectivity index (χ4v) is 3.22. The molecule has 0 bridgehead atoms. The van der Waals surface area contributed by atoms with E-state index in [0.717, 1.165) is 24.1 Å². The Morgan fingerprint density at radius 1 is 1.26 bits per heavy atom. The molecular weight excluding hydrogens is 257 g/mol. The van der Waals surface area contributed by atoms with E-state index in [1.807, 2.05) is 19.1 Å². The Morgan fingerprint density at radius 3 is 2.68 bits per heavy atom. The molecule has 1 N–H and O–H groups in total. The maximum absolute atomic E-state index is 14.1. The first-order valence-corrected chi connectivity index (χ1v) is 7.55. The molecule has 0 saturated heterocycles. The molecule has 0 aliphatic heterocycles. The molecule has 1 heterocycles.